The monoisotopic (exact) mass is 582 g/mol. The zero-order chi connectivity index (χ0) is 29.1. The van der Waals surface area contributed by atoms with Crippen molar-refractivity contribution in [2.45, 2.75) is 20.5 Å². The summed E-state index contributed by atoms with van der Waals surface area (Å²) < 4.78 is 11.5. The lowest BCUT2D eigenvalue weighted by molar-refractivity contribution is -0.120. The van der Waals surface area contributed by atoms with E-state index in [0.29, 0.717) is 40.1 Å². The van der Waals surface area contributed by atoms with Gasteiger partial charge in [-0.25, -0.2) is 0 Å². The van der Waals surface area contributed by atoms with Gasteiger partial charge in [0.15, 0.2) is 16.6 Å². The Labute approximate surface area is 249 Å². The van der Waals surface area contributed by atoms with E-state index in [2.05, 4.69) is 0 Å². The zero-order valence-corrected chi connectivity index (χ0v) is 24.3. The number of carbonyl (C=O) groups is 2. The third kappa shape index (κ3) is 6.01. The van der Waals surface area contributed by atoms with Gasteiger partial charge in [0.05, 0.1) is 18.5 Å². The van der Waals surface area contributed by atoms with Crippen LogP contribution in [-0.4, -0.2) is 24.0 Å². The van der Waals surface area contributed by atoms with Crippen molar-refractivity contribution in [3.63, 3.8) is 0 Å². The minimum atomic E-state index is -0.505. The highest BCUT2D eigenvalue weighted by atomic mass is 35.5. The fraction of sp³-hybridized carbons (Fsp3) is 0.121. The molecule has 0 aromatic heterocycles. The Morgan fingerprint density at radius 2 is 1.29 bits per heavy atom. The van der Waals surface area contributed by atoms with E-state index in [1.807, 2.05) is 74.5 Å². The average Bonchev–Trinajstić information content (AvgIpc) is 2.97. The van der Waals surface area contributed by atoms with Crippen LogP contribution in [0, 0.1) is 13.8 Å². The van der Waals surface area contributed by atoms with E-state index in [-0.39, 0.29) is 10.7 Å². The minimum Gasteiger partial charge on any atom is -0.493 e. The molecule has 2 amide bonds. The van der Waals surface area contributed by atoms with Gasteiger partial charge in [0.25, 0.3) is 11.8 Å². The molecule has 4 aromatic carbocycles. The number of rotatable bonds is 7. The second-order valence-electron chi connectivity index (χ2n) is 9.62. The summed E-state index contributed by atoms with van der Waals surface area (Å²) in [4.78, 5) is 30.4. The lowest BCUT2D eigenvalue weighted by atomic mass is 10.0. The van der Waals surface area contributed by atoms with Crippen molar-refractivity contribution < 1.29 is 19.1 Å². The SMILES string of the molecule is COc1cc(C=C2C(=O)N(c3ccc(C)cc3)C(=S)N(c3ccc(C)cc3)C2=O)ccc1OCc1ccc(Cl)cc1. The van der Waals surface area contributed by atoms with Crippen LogP contribution in [0.4, 0.5) is 11.4 Å². The summed E-state index contributed by atoms with van der Waals surface area (Å²) in [6, 6.07) is 27.5. The highest BCUT2D eigenvalue weighted by Crippen LogP contribution is 2.33. The highest BCUT2D eigenvalue weighted by molar-refractivity contribution is 7.81. The second kappa shape index (κ2) is 12.0. The van der Waals surface area contributed by atoms with Crippen molar-refractivity contribution in [1.29, 1.82) is 0 Å². The summed E-state index contributed by atoms with van der Waals surface area (Å²) in [5.74, 6) is -0.0246. The number of hydrogen-bond acceptors (Lipinski definition) is 5. The van der Waals surface area contributed by atoms with Crippen LogP contribution in [0.1, 0.15) is 22.3 Å². The number of methoxy groups -OCH3 is 1. The fourth-order valence-electron chi connectivity index (χ4n) is 4.37. The topological polar surface area (TPSA) is 59.1 Å². The molecule has 1 fully saturated rings. The first-order valence-corrected chi connectivity index (χ1v) is 13.7. The largest absolute Gasteiger partial charge is 0.493 e. The molecule has 5 rings (SSSR count). The maximum atomic E-state index is 13.8. The molecule has 0 saturated carbocycles. The summed E-state index contributed by atoms with van der Waals surface area (Å²) >= 11 is 11.7. The molecule has 1 saturated heterocycles. The number of ether oxygens (including phenoxy) is 2. The Hall–Kier alpha value is -4.46. The number of halogens is 1. The Morgan fingerprint density at radius 3 is 1.80 bits per heavy atom. The molecule has 0 atom stereocenters. The lowest BCUT2D eigenvalue weighted by Crippen LogP contribution is -2.56. The summed E-state index contributed by atoms with van der Waals surface area (Å²) in [6.07, 6.45) is 1.56. The molecule has 8 heteroatoms. The summed E-state index contributed by atoms with van der Waals surface area (Å²) in [5.41, 5.74) is 4.74. The molecule has 1 aliphatic heterocycles. The van der Waals surface area contributed by atoms with Crippen LogP contribution >= 0.6 is 23.8 Å². The molecule has 0 N–H and O–H groups in total. The first kappa shape index (κ1) is 28.1. The first-order valence-electron chi connectivity index (χ1n) is 12.9. The van der Waals surface area contributed by atoms with Gasteiger partial charge in [-0.1, -0.05) is 65.2 Å². The van der Waals surface area contributed by atoms with Gasteiger partial charge in [-0.15, -0.1) is 0 Å². The van der Waals surface area contributed by atoms with Gasteiger partial charge >= 0.3 is 0 Å². The molecule has 1 aliphatic rings. The predicted molar refractivity (Wildman–Crippen MR) is 167 cm³/mol. The maximum absolute atomic E-state index is 13.8. The normalized spacial score (nSPS) is 13.5. The number of aryl methyl sites for hydroxylation is 2. The standard InChI is InChI=1S/C33H27ClN2O4S/c1-21-4-13-26(14-5-21)35-31(37)28(32(38)36(33(35)41)27-15-6-22(2)7-16-27)18-24-10-17-29(30(19-24)39-3)40-20-23-8-11-25(34)12-9-23/h4-19H,20H2,1-3H3. The summed E-state index contributed by atoms with van der Waals surface area (Å²) in [7, 11) is 1.54. The van der Waals surface area contributed by atoms with E-state index in [1.165, 1.54) is 16.9 Å². The number of anilines is 2. The Kier molecular flexibility index (Phi) is 8.19. The molecule has 6 nitrogen and oxygen atoms in total. The van der Waals surface area contributed by atoms with Crippen LogP contribution in [0.3, 0.4) is 0 Å². The van der Waals surface area contributed by atoms with Crippen LogP contribution in [0.25, 0.3) is 6.08 Å². The molecule has 0 bridgehead atoms. The Morgan fingerprint density at radius 1 is 0.756 bits per heavy atom. The highest BCUT2D eigenvalue weighted by Gasteiger charge is 2.41. The Bertz CT molecular complexity index is 1580. The second-order valence-corrected chi connectivity index (χ2v) is 10.4. The third-order valence-electron chi connectivity index (χ3n) is 6.64. The van der Waals surface area contributed by atoms with Crippen LogP contribution in [0.2, 0.25) is 5.02 Å². The van der Waals surface area contributed by atoms with Gasteiger partial charge in [-0.2, -0.15) is 0 Å². The van der Waals surface area contributed by atoms with Crippen molar-refractivity contribution in [1.82, 2.24) is 0 Å². The van der Waals surface area contributed by atoms with E-state index in [9.17, 15) is 9.59 Å². The predicted octanol–water partition coefficient (Wildman–Crippen LogP) is 7.29. The van der Waals surface area contributed by atoms with E-state index in [4.69, 9.17) is 33.3 Å². The number of benzene rings is 4. The van der Waals surface area contributed by atoms with Gasteiger partial charge in [0.1, 0.15) is 12.2 Å². The minimum absolute atomic E-state index is 0.0309. The maximum Gasteiger partial charge on any atom is 0.270 e. The van der Waals surface area contributed by atoms with E-state index in [1.54, 1.807) is 36.4 Å². The molecule has 0 radical (unpaired) electrons. The van der Waals surface area contributed by atoms with Crippen molar-refractivity contribution in [2.75, 3.05) is 16.9 Å². The van der Waals surface area contributed by atoms with Crippen LogP contribution < -0.4 is 19.3 Å². The van der Waals surface area contributed by atoms with E-state index in [0.717, 1.165) is 16.7 Å². The number of thiocarbonyl (C=S) groups is 1. The molecule has 206 valence electrons. The molecule has 4 aromatic rings. The fourth-order valence-corrected chi connectivity index (χ4v) is 4.88. The molecule has 0 unspecified atom stereocenters. The van der Waals surface area contributed by atoms with Crippen molar-refractivity contribution >= 4 is 58.2 Å². The molecule has 1 heterocycles. The van der Waals surface area contributed by atoms with E-state index < -0.39 is 11.8 Å². The summed E-state index contributed by atoms with van der Waals surface area (Å²) in [5, 5.41) is 0.742. The molecule has 41 heavy (non-hydrogen) atoms. The molecule has 0 spiro atoms. The Balaban J connectivity index is 1.51. The lowest BCUT2D eigenvalue weighted by Gasteiger charge is -2.36. The zero-order valence-electron chi connectivity index (χ0n) is 22.8. The molecular formula is C33H27ClN2O4S. The van der Waals surface area contributed by atoms with Gasteiger partial charge in [-0.05, 0) is 91.8 Å². The van der Waals surface area contributed by atoms with Crippen molar-refractivity contribution in [3.05, 3.63) is 124 Å². The summed E-state index contributed by atoms with van der Waals surface area (Å²) in [6.45, 7) is 4.24. The van der Waals surface area contributed by atoms with Crippen LogP contribution in [0.15, 0.2) is 96.6 Å². The molecular weight excluding hydrogens is 556 g/mol. The van der Waals surface area contributed by atoms with Gasteiger partial charge in [-0.3, -0.25) is 19.4 Å². The third-order valence-corrected chi connectivity index (χ3v) is 7.26. The van der Waals surface area contributed by atoms with E-state index >= 15 is 0 Å². The average molecular weight is 583 g/mol. The first-order chi connectivity index (χ1) is 19.7. The number of amides is 2. The number of carbonyl (C=O) groups excluding carboxylic acids is 2. The van der Waals surface area contributed by atoms with Crippen LogP contribution in [-0.2, 0) is 16.2 Å². The molecule has 0 aliphatic carbocycles. The van der Waals surface area contributed by atoms with Gasteiger partial charge < -0.3 is 9.47 Å². The van der Waals surface area contributed by atoms with Gasteiger partial charge in [0, 0.05) is 5.02 Å². The number of hydrogen-bond donors (Lipinski definition) is 0. The van der Waals surface area contributed by atoms with Crippen molar-refractivity contribution in [3.8, 4) is 11.5 Å². The van der Waals surface area contributed by atoms with Crippen LogP contribution in [0.5, 0.6) is 11.5 Å². The quantitative estimate of drug-likeness (QED) is 0.130. The van der Waals surface area contributed by atoms with Crippen molar-refractivity contribution in [2.24, 2.45) is 0 Å². The van der Waals surface area contributed by atoms with Gasteiger partial charge in [0.2, 0.25) is 0 Å². The smallest absolute Gasteiger partial charge is 0.270 e. The number of nitrogens with zero attached hydrogens (tertiary/aromatic N) is 2.